The van der Waals surface area contributed by atoms with Crippen LogP contribution in [0.4, 0.5) is 11.4 Å². The van der Waals surface area contributed by atoms with Gasteiger partial charge in [0.05, 0.1) is 29.4 Å². The summed E-state index contributed by atoms with van der Waals surface area (Å²) < 4.78 is 6.31. The Morgan fingerprint density at radius 1 is 1.03 bits per heavy atom. The highest BCUT2D eigenvalue weighted by molar-refractivity contribution is 7.21. The molecule has 2 heterocycles. The molecule has 160 valence electrons. The van der Waals surface area contributed by atoms with E-state index in [0.29, 0.717) is 11.4 Å². The van der Waals surface area contributed by atoms with Crippen molar-refractivity contribution in [1.29, 1.82) is 0 Å². The van der Waals surface area contributed by atoms with Gasteiger partial charge in [0, 0.05) is 11.3 Å². The SMILES string of the molecule is COc1ccc(N2C(=O)C[C@H](Nc3ccc(-c4nc5ccc(C)cc5s4)cc3)C2=O)cc1. The lowest BCUT2D eigenvalue weighted by Gasteiger charge is -2.16. The summed E-state index contributed by atoms with van der Waals surface area (Å²) in [5.41, 5.74) is 4.56. The van der Waals surface area contributed by atoms with Gasteiger partial charge in [-0.2, -0.15) is 0 Å². The van der Waals surface area contributed by atoms with E-state index >= 15 is 0 Å². The predicted octanol–water partition coefficient (Wildman–Crippen LogP) is 5.02. The number of ether oxygens (including phenoxy) is 1. The number of aryl methyl sites for hydroxylation is 1. The van der Waals surface area contributed by atoms with Crippen molar-refractivity contribution < 1.29 is 14.3 Å². The van der Waals surface area contributed by atoms with Crippen LogP contribution in [0.2, 0.25) is 0 Å². The highest BCUT2D eigenvalue weighted by Crippen LogP contribution is 2.32. The molecule has 0 aliphatic carbocycles. The van der Waals surface area contributed by atoms with Crippen LogP contribution < -0.4 is 15.0 Å². The van der Waals surface area contributed by atoms with Crippen molar-refractivity contribution in [2.45, 2.75) is 19.4 Å². The standard InChI is InChI=1S/C25H21N3O3S/c1-15-3-12-20-22(13-15)32-24(27-20)16-4-6-17(7-5-16)26-21-14-23(29)28(25(21)30)18-8-10-19(31-2)11-9-18/h3-13,21,26H,14H2,1-2H3/t21-/m0/s1. The number of carbonyl (C=O) groups excluding carboxylic acids is 2. The van der Waals surface area contributed by atoms with Crippen LogP contribution in [0.3, 0.4) is 0 Å². The van der Waals surface area contributed by atoms with E-state index in [1.165, 1.54) is 10.5 Å². The van der Waals surface area contributed by atoms with Crippen LogP contribution >= 0.6 is 11.3 Å². The third-order valence-corrected chi connectivity index (χ3v) is 6.56. The second kappa shape index (κ2) is 8.09. The van der Waals surface area contributed by atoms with E-state index in [1.807, 2.05) is 30.3 Å². The minimum absolute atomic E-state index is 0.115. The van der Waals surface area contributed by atoms with Gasteiger partial charge in [0.1, 0.15) is 16.8 Å². The van der Waals surface area contributed by atoms with Crippen molar-refractivity contribution in [3.63, 3.8) is 0 Å². The molecule has 32 heavy (non-hydrogen) atoms. The number of imide groups is 1. The molecular formula is C25H21N3O3S. The molecule has 1 saturated heterocycles. The van der Waals surface area contributed by atoms with Gasteiger partial charge in [-0.15, -0.1) is 11.3 Å². The Morgan fingerprint density at radius 3 is 2.50 bits per heavy atom. The Kier molecular flexibility index (Phi) is 5.11. The third kappa shape index (κ3) is 3.71. The van der Waals surface area contributed by atoms with Crippen molar-refractivity contribution in [1.82, 2.24) is 4.98 Å². The lowest BCUT2D eigenvalue weighted by atomic mass is 10.2. The van der Waals surface area contributed by atoms with Gasteiger partial charge < -0.3 is 10.1 Å². The van der Waals surface area contributed by atoms with E-state index in [2.05, 4.69) is 24.4 Å². The molecule has 1 aliphatic rings. The number of carbonyl (C=O) groups is 2. The minimum Gasteiger partial charge on any atom is -0.497 e. The monoisotopic (exact) mass is 443 g/mol. The maximum Gasteiger partial charge on any atom is 0.256 e. The molecule has 0 radical (unpaired) electrons. The van der Waals surface area contributed by atoms with Gasteiger partial charge >= 0.3 is 0 Å². The fraction of sp³-hybridized carbons (Fsp3) is 0.160. The lowest BCUT2D eigenvalue weighted by molar-refractivity contribution is -0.121. The van der Waals surface area contributed by atoms with E-state index in [9.17, 15) is 9.59 Å². The molecule has 4 aromatic rings. The Morgan fingerprint density at radius 2 is 1.78 bits per heavy atom. The lowest BCUT2D eigenvalue weighted by Crippen LogP contribution is -2.34. The topological polar surface area (TPSA) is 71.5 Å². The molecule has 1 N–H and O–H groups in total. The Labute approximate surface area is 189 Å². The van der Waals surface area contributed by atoms with Gasteiger partial charge in [-0.25, -0.2) is 9.88 Å². The minimum atomic E-state index is -0.596. The quantitative estimate of drug-likeness (QED) is 0.438. The normalized spacial score (nSPS) is 16.1. The molecule has 3 aromatic carbocycles. The number of hydrogen-bond donors (Lipinski definition) is 1. The highest BCUT2D eigenvalue weighted by Gasteiger charge is 2.39. The van der Waals surface area contributed by atoms with Crippen molar-refractivity contribution in [2.24, 2.45) is 0 Å². The van der Waals surface area contributed by atoms with Gasteiger partial charge in [-0.05, 0) is 73.2 Å². The Hall–Kier alpha value is -3.71. The smallest absolute Gasteiger partial charge is 0.256 e. The van der Waals surface area contributed by atoms with Crippen LogP contribution in [-0.4, -0.2) is 29.9 Å². The maximum atomic E-state index is 12.9. The van der Waals surface area contributed by atoms with Crippen LogP contribution in [0.5, 0.6) is 5.75 Å². The molecule has 7 heteroatoms. The summed E-state index contributed by atoms with van der Waals surface area (Å²) in [4.78, 5) is 31.4. The number of nitrogens with one attached hydrogen (secondary N) is 1. The zero-order chi connectivity index (χ0) is 22.2. The average molecular weight is 444 g/mol. The third-order valence-electron chi connectivity index (χ3n) is 5.49. The summed E-state index contributed by atoms with van der Waals surface area (Å²) in [6.07, 6.45) is 0.115. The van der Waals surface area contributed by atoms with Gasteiger partial charge in [0.25, 0.3) is 5.91 Å². The number of thiazole rings is 1. The molecule has 0 unspecified atom stereocenters. The number of hydrogen-bond acceptors (Lipinski definition) is 6. The summed E-state index contributed by atoms with van der Waals surface area (Å²) in [5.74, 6) is 0.190. The summed E-state index contributed by atoms with van der Waals surface area (Å²) in [6.45, 7) is 2.07. The van der Waals surface area contributed by atoms with Crippen LogP contribution in [0.15, 0.2) is 66.7 Å². The van der Waals surface area contributed by atoms with Gasteiger partial charge in [-0.1, -0.05) is 6.07 Å². The van der Waals surface area contributed by atoms with Gasteiger partial charge in [0.2, 0.25) is 5.91 Å². The number of amides is 2. The fourth-order valence-electron chi connectivity index (χ4n) is 3.81. The number of methoxy groups -OCH3 is 1. The number of benzene rings is 3. The number of fused-ring (bicyclic) bond motifs is 1. The largest absolute Gasteiger partial charge is 0.497 e. The van der Waals surface area contributed by atoms with E-state index < -0.39 is 6.04 Å². The number of aromatic nitrogens is 1. The van der Waals surface area contributed by atoms with Crippen LogP contribution in [-0.2, 0) is 9.59 Å². The molecule has 0 bridgehead atoms. The summed E-state index contributed by atoms with van der Waals surface area (Å²) in [6, 6.07) is 20.3. The molecule has 0 saturated carbocycles. The van der Waals surface area contributed by atoms with Crippen LogP contribution in [0, 0.1) is 6.92 Å². The molecule has 1 aliphatic heterocycles. The molecule has 5 rings (SSSR count). The molecule has 1 aromatic heterocycles. The summed E-state index contributed by atoms with van der Waals surface area (Å²) in [7, 11) is 1.57. The van der Waals surface area contributed by atoms with Crippen LogP contribution in [0.1, 0.15) is 12.0 Å². The van der Waals surface area contributed by atoms with Crippen molar-refractivity contribution in [2.75, 3.05) is 17.3 Å². The van der Waals surface area contributed by atoms with Gasteiger partial charge in [0.15, 0.2) is 0 Å². The first-order chi connectivity index (χ1) is 15.5. The molecule has 1 fully saturated rings. The first-order valence-electron chi connectivity index (χ1n) is 10.3. The van der Waals surface area contributed by atoms with Crippen molar-refractivity contribution in [3.05, 3.63) is 72.3 Å². The number of rotatable bonds is 5. The second-order valence-corrected chi connectivity index (χ2v) is 8.76. The first-order valence-corrected chi connectivity index (χ1v) is 11.1. The van der Waals surface area contributed by atoms with Crippen molar-refractivity contribution >= 4 is 44.7 Å². The Bertz CT molecular complexity index is 1310. The molecule has 0 spiro atoms. The van der Waals surface area contributed by atoms with Crippen LogP contribution in [0.25, 0.3) is 20.8 Å². The van der Waals surface area contributed by atoms with E-state index in [1.54, 1.807) is 42.7 Å². The summed E-state index contributed by atoms with van der Waals surface area (Å²) in [5, 5.41) is 4.16. The van der Waals surface area contributed by atoms with E-state index in [4.69, 9.17) is 9.72 Å². The molecular weight excluding hydrogens is 422 g/mol. The maximum absolute atomic E-state index is 12.9. The molecule has 2 amide bonds. The molecule has 1 atom stereocenters. The predicted molar refractivity (Wildman–Crippen MR) is 127 cm³/mol. The highest BCUT2D eigenvalue weighted by atomic mass is 32.1. The van der Waals surface area contributed by atoms with E-state index in [0.717, 1.165) is 26.5 Å². The number of nitrogens with zero attached hydrogens (tertiary/aromatic N) is 2. The average Bonchev–Trinajstić information content (AvgIpc) is 3.34. The Balaban J connectivity index is 1.31. The van der Waals surface area contributed by atoms with Gasteiger partial charge in [-0.3, -0.25) is 9.59 Å². The first kappa shape index (κ1) is 20.2. The summed E-state index contributed by atoms with van der Waals surface area (Å²) >= 11 is 1.66. The zero-order valence-electron chi connectivity index (χ0n) is 17.7. The molecule has 6 nitrogen and oxygen atoms in total. The van der Waals surface area contributed by atoms with E-state index in [-0.39, 0.29) is 18.2 Å². The second-order valence-electron chi connectivity index (χ2n) is 7.73. The fourth-order valence-corrected chi connectivity index (χ4v) is 4.88. The zero-order valence-corrected chi connectivity index (χ0v) is 18.5. The van der Waals surface area contributed by atoms with Crippen molar-refractivity contribution in [3.8, 4) is 16.3 Å². The number of anilines is 2.